The standard InChI is InChI=1S/C19H25ClFN5O3.C7H12FN/c1-10-8-26(18(27)29-19(2,3)4)9-12(10)25(5)16-11-7-22-15(20)13(21)14(11)23-17(24-16)28-6;8-6-4-7-2-1-3-9(7)5-6/h7,10,12H,8-9H2,1-6H3;6-7H,1-5H2/t10-,12?;/m0./s1. The second-order valence-electron chi connectivity index (χ2n) is 11.3. The van der Waals surface area contributed by atoms with Gasteiger partial charge in [0.2, 0.25) is 0 Å². The van der Waals surface area contributed by atoms with Gasteiger partial charge < -0.3 is 19.3 Å². The van der Waals surface area contributed by atoms with Crippen LogP contribution in [-0.2, 0) is 4.74 Å². The number of anilines is 1. The normalized spacial score (nSPS) is 25.2. The first kappa shape index (κ1) is 28.5. The summed E-state index contributed by atoms with van der Waals surface area (Å²) in [5, 5.41) is 0.148. The zero-order chi connectivity index (χ0) is 27.8. The zero-order valence-corrected chi connectivity index (χ0v) is 23.6. The minimum Gasteiger partial charge on any atom is -0.467 e. The highest BCUT2D eigenvalue weighted by Crippen LogP contribution is 2.33. The van der Waals surface area contributed by atoms with Crippen LogP contribution >= 0.6 is 11.6 Å². The molecule has 0 aromatic carbocycles. The van der Waals surface area contributed by atoms with Crippen LogP contribution in [0.15, 0.2) is 6.20 Å². The quantitative estimate of drug-likeness (QED) is 0.504. The van der Waals surface area contributed by atoms with E-state index in [9.17, 15) is 13.6 Å². The molecule has 9 nitrogen and oxygen atoms in total. The first-order chi connectivity index (χ1) is 17.9. The average Bonchev–Trinajstić information content (AvgIpc) is 3.54. The molecule has 3 saturated heterocycles. The third kappa shape index (κ3) is 6.20. The van der Waals surface area contributed by atoms with E-state index in [1.165, 1.54) is 26.1 Å². The van der Waals surface area contributed by atoms with Gasteiger partial charge in [0.1, 0.15) is 23.1 Å². The van der Waals surface area contributed by atoms with E-state index in [1.54, 1.807) is 4.90 Å². The third-order valence-electron chi connectivity index (χ3n) is 7.30. The Morgan fingerprint density at radius 3 is 2.63 bits per heavy atom. The van der Waals surface area contributed by atoms with Crippen LogP contribution in [0.2, 0.25) is 5.15 Å². The van der Waals surface area contributed by atoms with Crippen LogP contribution in [0.4, 0.5) is 19.4 Å². The molecule has 3 unspecified atom stereocenters. The molecule has 1 amide bonds. The molecule has 210 valence electrons. The maximum Gasteiger partial charge on any atom is 0.410 e. The number of rotatable bonds is 3. The Hall–Kier alpha value is -2.53. The van der Waals surface area contributed by atoms with Gasteiger partial charge in [0, 0.05) is 38.9 Å². The number of likely N-dealkylation sites (tertiary alicyclic amines) is 1. The topological polar surface area (TPSA) is 83.9 Å². The van der Waals surface area contributed by atoms with E-state index in [0.717, 1.165) is 13.0 Å². The van der Waals surface area contributed by atoms with Gasteiger partial charge in [0.25, 0.3) is 0 Å². The van der Waals surface area contributed by atoms with E-state index in [2.05, 4.69) is 19.9 Å². The van der Waals surface area contributed by atoms with Crippen molar-refractivity contribution in [3.8, 4) is 6.01 Å². The van der Waals surface area contributed by atoms with E-state index in [1.807, 2.05) is 39.6 Å². The Morgan fingerprint density at radius 1 is 1.24 bits per heavy atom. The second-order valence-corrected chi connectivity index (χ2v) is 11.7. The summed E-state index contributed by atoms with van der Waals surface area (Å²) in [6.45, 7) is 10.4. The lowest BCUT2D eigenvalue weighted by atomic mass is 10.1. The molecule has 3 aliphatic rings. The van der Waals surface area contributed by atoms with Crippen LogP contribution in [-0.4, -0.2) is 95.0 Å². The van der Waals surface area contributed by atoms with Gasteiger partial charge in [-0.15, -0.1) is 0 Å². The van der Waals surface area contributed by atoms with Crippen LogP contribution in [0.3, 0.4) is 0 Å². The number of alkyl halides is 1. The fourth-order valence-corrected chi connectivity index (χ4v) is 5.61. The summed E-state index contributed by atoms with van der Waals surface area (Å²) in [6.07, 6.45) is 3.90. The van der Waals surface area contributed by atoms with Gasteiger partial charge in [0.15, 0.2) is 11.0 Å². The van der Waals surface area contributed by atoms with Crippen LogP contribution in [0.1, 0.15) is 47.0 Å². The van der Waals surface area contributed by atoms with Gasteiger partial charge in [-0.25, -0.2) is 18.6 Å². The number of hydrogen-bond donors (Lipinski definition) is 0. The summed E-state index contributed by atoms with van der Waals surface area (Å²) < 4.78 is 37.7. The van der Waals surface area contributed by atoms with Crippen molar-refractivity contribution < 1.29 is 23.0 Å². The van der Waals surface area contributed by atoms with Gasteiger partial charge >= 0.3 is 12.1 Å². The molecule has 5 rings (SSSR count). The van der Waals surface area contributed by atoms with E-state index in [0.29, 0.717) is 36.9 Å². The van der Waals surface area contributed by atoms with Crippen LogP contribution in [0.25, 0.3) is 10.9 Å². The number of pyridine rings is 1. The van der Waals surface area contributed by atoms with Crippen molar-refractivity contribution in [1.29, 1.82) is 0 Å². The number of carbonyl (C=O) groups excluding carboxylic acids is 1. The third-order valence-corrected chi connectivity index (χ3v) is 7.56. The molecule has 12 heteroatoms. The number of halogens is 3. The van der Waals surface area contributed by atoms with Crippen molar-refractivity contribution in [3.63, 3.8) is 0 Å². The Bertz CT molecular complexity index is 1150. The van der Waals surface area contributed by atoms with Crippen molar-refractivity contribution >= 4 is 34.4 Å². The van der Waals surface area contributed by atoms with Crippen molar-refractivity contribution in [2.75, 3.05) is 45.2 Å². The first-order valence-corrected chi connectivity index (χ1v) is 13.4. The first-order valence-electron chi connectivity index (χ1n) is 13.0. The molecule has 0 N–H and O–H groups in total. The zero-order valence-electron chi connectivity index (χ0n) is 22.9. The highest BCUT2D eigenvalue weighted by molar-refractivity contribution is 6.30. The van der Waals surface area contributed by atoms with E-state index in [-0.39, 0.29) is 34.7 Å². The summed E-state index contributed by atoms with van der Waals surface area (Å²) in [5.74, 6) is -0.138. The fraction of sp³-hybridized carbons (Fsp3) is 0.692. The highest BCUT2D eigenvalue weighted by atomic mass is 35.5. The molecule has 0 saturated carbocycles. The lowest BCUT2D eigenvalue weighted by Crippen LogP contribution is -2.40. The lowest BCUT2D eigenvalue weighted by molar-refractivity contribution is 0.0287. The van der Waals surface area contributed by atoms with Crippen LogP contribution < -0.4 is 9.64 Å². The molecule has 0 radical (unpaired) electrons. The molecular formula is C26H37ClF2N6O3. The van der Waals surface area contributed by atoms with E-state index in [4.69, 9.17) is 21.1 Å². The summed E-state index contributed by atoms with van der Waals surface area (Å²) in [6, 6.07) is 0.569. The molecular weight excluding hydrogens is 518 g/mol. The maximum atomic E-state index is 14.5. The highest BCUT2D eigenvalue weighted by Gasteiger charge is 2.38. The number of likely N-dealkylation sites (N-methyl/N-ethyl adjacent to an activating group) is 1. The molecule has 0 aliphatic carbocycles. The number of aromatic nitrogens is 3. The van der Waals surface area contributed by atoms with Crippen molar-refractivity contribution in [2.24, 2.45) is 5.92 Å². The maximum absolute atomic E-state index is 14.5. The largest absolute Gasteiger partial charge is 0.467 e. The van der Waals surface area contributed by atoms with Crippen molar-refractivity contribution in [3.05, 3.63) is 17.2 Å². The molecule has 2 aromatic heterocycles. The Balaban J connectivity index is 0.000000311. The minimum atomic E-state index is -0.727. The summed E-state index contributed by atoms with van der Waals surface area (Å²) in [4.78, 5) is 30.7. The summed E-state index contributed by atoms with van der Waals surface area (Å²) in [7, 11) is 3.25. The molecule has 5 heterocycles. The van der Waals surface area contributed by atoms with Crippen molar-refractivity contribution in [2.45, 2.75) is 70.8 Å². The number of hydrogen-bond acceptors (Lipinski definition) is 8. The van der Waals surface area contributed by atoms with Gasteiger partial charge in [-0.2, -0.15) is 9.97 Å². The average molecular weight is 555 g/mol. The molecule has 0 spiro atoms. The number of amides is 1. The fourth-order valence-electron chi connectivity index (χ4n) is 5.47. The SMILES string of the molecule is COc1nc(N(C)C2CN(C(=O)OC(C)(C)C)C[C@@H]2C)c2cnc(Cl)c(F)c2n1.FC1CC2CCCN2C1. The lowest BCUT2D eigenvalue weighted by Gasteiger charge is -2.29. The monoisotopic (exact) mass is 554 g/mol. The smallest absolute Gasteiger partial charge is 0.410 e. The van der Waals surface area contributed by atoms with Gasteiger partial charge in [-0.1, -0.05) is 18.5 Å². The van der Waals surface area contributed by atoms with E-state index < -0.39 is 17.6 Å². The molecule has 3 aliphatic heterocycles. The number of fused-ring (bicyclic) bond motifs is 2. The van der Waals surface area contributed by atoms with Gasteiger partial charge in [-0.05, 0) is 52.5 Å². The summed E-state index contributed by atoms with van der Waals surface area (Å²) >= 11 is 5.81. The molecule has 3 fully saturated rings. The Labute approximate surface area is 227 Å². The molecule has 2 aromatic rings. The predicted octanol–water partition coefficient (Wildman–Crippen LogP) is 4.71. The number of ether oxygens (including phenoxy) is 2. The van der Waals surface area contributed by atoms with Crippen LogP contribution in [0.5, 0.6) is 6.01 Å². The summed E-state index contributed by atoms with van der Waals surface area (Å²) in [5.41, 5.74) is -0.531. The second kappa shape index (κ2) is 11.3. The molecule has 4 atom stereocenters. The predicted molar refractivity (Wildman–Crippen MR) is 142 cm³/mol. The van der Waals surface area contributed by atoms with Gasteiger partial charge in [-0.3, -0.25) is 4.90 Å². The molecule has 0 bridgehead atoms. The number of methoxy groups -OCH3 is 1. The Kier molecular flexibility index (Phi) is 8.46. The van der Waals surface area contributed by atoms with Crippen LogP contribution in [0, 0.1) is 11.7 Å². The van der Waals surface area contributed by atoms with E-state index >= 15 is 0 Å². The number of nitrogens with zero attached hydrogens (tertiary/aromatic N) is 6. The van der Waals surface area contributed by atoms with Gasteiger partial charge in [0.05, 0.1) is 18.5 Å². The Morgan fingerprint density at radius 2 is 1.97 bits per heavy atom. The van der Waals surface area contributed by atoms with Crippen molar-refractivity contribution in [1.82, 2.24) is 24.8 Å². The molecule has 38 heavy (non-hydrogen) atoms. The number of carbonyl (C=O) groups is 1. The minimum absolute atomic E-state index is 0.0233.